The van der Waals surface area contributed by atoms with Gasteiger partial charge in [-0.2, -0.15) is 5.10 Å². The normalized spacial score (nSPS) is 11.9. The monoisotopic (exact) mass is 406 g/mol. The van der Waals surface area contributed by atoms with Gasteiger partial charge in [0, 0.05) is 22.4 Å². The molecule has 0 amide bonds. The fraction of sp³-hybridized carbons (Fsp3) is 0.115. The highest BCUT2D eigenvalue weighted by Crippen LogP contribution is 2.25. The van der Waals surface area contributed by atoms with Crippen LogP contribution in [-0.2, 0) is 0 Å². The molecule has 0 aliphatic carbocycles. The van der Waals surface area contributed by atoms with Gasteiger partial charge in [0.2, 0.25) is 0 Å². The zero-order valence-corrected chi connectivity index (χ0v) is 17.7. The maximum Gasteiger partial charge on any atom is 0.157 e. The number of aryl methyl sites for hydroxylation is 3. The maximum absolute atomic E-state index is 6.27. The van der Waals surface area contributed by atoms with Gasteiger partial charge in [0.25, 0.3) is 0 Å². The molecule has 0 atom stereocenters. The van der Waals surface area contributed by atoms with E-state index in [1.165, 1.54) is 16.7 Å². The zero-order valence-electron chi connectivity index (χ0n) is 17.7. The first-order chi connectivity index (χ1) is 15.1. The molecule has 0 radical (unpaired) electrons. The average Bonchev–Trinajstić information content (AvgIpc) is 2.79. The number of fused-ring (bicyclic) bond motifs is 2. The van der Waals surface area contributed by atoms with E-state index in [-0.39, 0.29) is 0 Å². The zero-order chi connectivity index (χ0) is 21.4. The van der Waals surface area contributed by atoms with Crippen LogP contribution in [0.25, 0.3) is 33.2 Å². The van der Waals surface area contributed by atoms with Gasteiger partial charge >= 0.3 is 0 Å². The van der Waals surface area contributed by atoms with Gasteiger partial charge < -0.3 is 4.42 Å². The number of para-hydroxylation sites is 1. The maximum atomic E-state index is 6.27. The summed E-state index contributed by atoms with van der Waals surface area (Å²) >= 11 is 0. The molecule has 1 N–H and O–H groups in total. The van der Waals surface area contributed by atoms with Crippen LogP contribution in [-0.4, -0.2) is 9.97 Å². The number of nitrogens with zero attached hydrogens (tertiary/aromatic N) is 3. The quantitative estimate of drug-likeness (QED) is 0.379. The van der Waals surface area contributed by atoms with Gasteiger partial charge in [0.1, 0.15) is 17.7 Å². The highest BCUT2D eigenvalue weighted by Gasteiger charge is 2.09. The molecular formula is C26H22N4O. The second-order valence-electron chi connectivity index (χ2n) is 7.76. The van der Waals surface area contributed by atoms with Crippen molar-refractivity contribution in [2.24, 2.45) is 5.10 Å². The number of benzene rings is 3. The Kier molecular flexibility index (Phi) is 4.71. The molecule has 0 aliphatic rings. The van der Waals surface area contributed by atoms with Gasteiger partial charge in [-0.05, 0) is 56.2 Å². The van der Waals surface area contributed by atoms with E-state index in [9.17, 15) is 0 Å². The molecule has 5 nitrogen and oxygen atoms in total. The summed E-state index contributed by atoms with van der Waals surface area (Å²) in [5, 5.41) is 7.39. The van der Waals surface area contributed by atoms with Gasteiger partial charge in [0.05, 0.1) is 10.9 Å². The third-order valence-corrected chi connectivity index (χ3v) is 5.52. The molecule has 0 saturated heterocycles. The van der Waals surface area contributed by atoms with E-state index in [0.29, 0.717) is 5.82 Å². The van der Waals surface area contributed by atoms with E-state index in [1.54, 1.807) is 6.33 Å². The minimum Gasteiger partial charge on any atom is -0.456 e. The molecular weight excluding hydrogens is 384 g/mol. The third-order valence-electron chi connectivity index (χ3n) is 5.52. The second kappa shape index (κ2) is 7.69. The summed E-state index contributed by atoms with van der Waals surface area (Å²) in [5.41, 5.74) is 9.40. The molecule has 5 rings (SSSR count). The van der Waals surface area contributed by atoms with Crippen LogP contribution in [0.3, 0.4) is 0 Å². The van der Waals surface area contributed by atoms with E-state index in [2.05, 4.69) is 72.6 Å². The van der Waals surface area contributed by atoms with E-state index < -0.39 is 0 Å². The molecule has 3 aromatic carbocycles. The van der Waals surface area contributed by atoms with Gasteiger partial charge in [-0.25, -0.2) is 9.97 Å². The Morgan fingerprint density at radius 2 is 1.58 bits per heavy atom. The van der Waals surface area contributed by atoms with Crippen molar-refractivity contribution < 1.29 is 4.42 Å². The first-order valence-corrected chi connectivity index (χ1v) is 10.2. The minimum atomic E-state index is 0.667. The van der Waals surface area contributed by atoms with Crippen LogP contribution in [0.5, 0.6) is 0 Å². The number of aromatic nitrogens is 2. The smallest absolute Gasteiger partial charge is 0.157 e. The lowest BCUT2D eigenvalue weighted by molar-refractivity contribution is 0.617. The van der Waals surface area contributed by atoms with Crippen LogP contribution < -0.4 is 10.8 Å². The molecule has 152 valence electrons. The Balaban J connectivity index is 1.70. The molecule has 2 aromatic heterocycles. The Morgan fingerprint density at radius 3 is 2.42 bits per heavy atom. The summed E-state index contributed by atoms with van der Waals surface area (Å²) in [7, 11) is 0. The molecule has 0 bridgehead atoms. The SMILES string of the molecule is Cc1ccc(-c2cc(=NNc3ncnc4ccccc34)c3cc(C)c(C)cc3o2)cc1. The number of rotatable bonds is 3. The fourth-order valence-electron chi connectivity index (χ4n) is 3.58. The van der Waals surface area contributed by atoms with Gasteiger partial charge in [-0.1, -0.05) is 42.0 Å². The Hall–Kier alpha value is -3.99. The Bertz CT molecular complexity index is 1480. The fourth-order valence-corrected chi connectivity index (χ4v) is 3.58. The topological polar surface area (TPSA) is 63.3 Å². The number of anilines is 1. The van der Waals surface area contributed by atoms with Crippen LogP contribution in [0.15, 0.2) is 82.6 Å². The van der Waals surface area contributed by atoms with Crippen molar-refractivity contribution in [2.75, 3.05) is 5.43 Å². The van der Waals surface area contributed by atoms with Crippen molar-refractivity contribution in [1.82, 2.24) is 9.97 Å². The van der Waals surface area contributed by atoms with Crippen molar-refractivity contribution in [3.63, 3.8) is 0 Å². The van der Waals surface area contributed by atoms with E-state index in [0.717, 1.165) is 38.6 Å². The van der Waals surface area contributed by atoms with Gasteiger partial charge in [-0.15, -0.1) is 0 Å². The first-order valence-electron chi connectivity index (χ1n) is 10.2. The molecule has 0 saturated carbocycles. The van der Waals surface area contributed by atoms with Crippen molar-refractivity contribution >= 4 is 27.7 Å². The highest BCUT2D eigenvalue weighted by atomic mass is 16.3. The van der Waals surface area contributed by atoms with Crippen LogP contribution in [0, 0.1) is 20.8 Å². The van der Waals surface area contributed by atoms with Crippen molar-refractivity contribution in [2.45, 2.75) is 20.8 Å². The number of hydrogen-bond donors (Lipinski definition) is 1. The second-order valence-corrected chi connectivity index (χ2v) is 7.76. The number of nitrogens with one attached hydrogen (secondary N) is 1. The molecule has 0 fully saturated rings. The first kappa shape index (κ1) is 19.0. The molecule has 0 aliphatic heterocycles. The summed E-state index contributed by atoms with van der Waals surface area (Å²) < 4.78 is 6.27. The van der Waals surface area contributed by atoms with E-state index in [4.69, 9.17) is 9.52 Å². The lowest BCUT2D eigenvalue weighted by atomic mass is 10.1. The van der Waals surface area contributed by atoms with E-state index >= 15 is 0 Å². The van der Waals surface area contributed by atoms with Gasteiger partial charge in [-0.3, -0.25) is 5.43 Å². The molecule has 2 heterocycles. The predicted octanol–water partition coefficient (Wildman–Crippen LogP) is 5.90. The lowest BCUT2D eigenvalue weighted by Crippen LogP contribution is -2.09. The highest BCUT2D eigenvalue weighted by molar-refractivity contribution is 5.88. The minimum absolute atomic E-state index is 0.667. The number of hydrogen-bond acceptors (Lipinski definition) is 5. The van der Waals surface area contributed by atoms with Crippen LogP contribution in [0.2, 0.25) is 0 Å². The van der Waals surface area contributed by atoms with Crippen LogP contribution in [0.1, 0.15) is 16.7 Å². The largest absolute Gasteiger partial charge is 0.456 e. The molecule has 5 aromatic rings. The molecule has 0 unspecified atom stereocenters. The van der Waals surface area contributed by atoms with Gasteiger partial charge in [0.15, 0.2) is 5.82 Å². The van der Waals surface area contributed by atoms with E-state index in [1.807, 2.05) is 30.3 Å². The summed E-state index contributed by atoms with van der Waals surface area (Å²) in [6, 6.07) is 22.3. The van der Waals surface area contributed by atoms with Crippen molar-refractivity contribution in [1.29, 1.82) is 0 Å². The van der Waals surface area contributed by atoms with Crippen molar-refractivity contribution in [3.05, 3.63) is 95.1 Å². The summed E-state index contributed by atoms with van der Waals surface area (Å²) in [5.74, 6) is 1.43. The lowest BCUT2D eigenvalue weighted by Gasteiger charge is -2.09. The van der Waals surface area contributed by atoms with Crippen LogP contribution >= 0.6 is 0 Å². The Labute approximate surface area is 180 Å². The standard InChI is InChI=1S/C26H22N4O/c1-16-8-10-19(11-9-16)24-14-23(21-12-17(2)18(3)13-25(21)31-24)29-30-26-20-6-4-5-7-22(20)27-15-28-26/h4-15H,1-3H3,(H,27,28,30). The predicted molar refractivity (Wildman–Crippen MR) is 125 cm³/mol. The summed E-state index contributed by atoms with van der Waals surface area (Å²) in [6.07, 6.45) is 1.55. The average molecular weight is 406 g/mol. The van der Waals surface area contributed by atoms with Crippen LogP contribution in [0.4, 0.5) is 5.82 Å². The molecule has 31 heavy (non-hydrogen) atoms. The summed E-state index contributed by atoms with van der Waals surface area (Å²) in [4.78, 5) is 8.71. The molecule has 5 heteroatoms. The van der Waals surface area contributed by atoms with Crippen molar-refractivity contribution in [3.8, 4) is 11.3 Å². The third kappa shape index (κ3) is 3.66. The Morgan fingerprint density at radius 1 is 0.806 bits per heavy atom. The summed E-state index contributed by atoms with van der Waals surface area (Å²) in [6.45, 7) is 6.26. The molecule has 0 spiro atoms.